The van der Waals surface area contributed by atoms with Gasteiger partial charge in [0.1, 0.15) is 17.1 Å². The molecule has 0 spiro atoms. The van der Waals surface area contributed by atoms with Crippen LogP contribution in [0.1, 0.15) is 57.0 Å². The van der Waals surface area contributed by atoms with Crippen molar-refractivity contribution in [2.24, 2.45) is 5.92 Å². The molecule has 1 aromatic heterocycles. The molecule has 1 saturated heterocycles. The SMILES string of the molecule is CCC1(C(=O)O)CCCN1Cc1ccc(C2CC2C)o1. The molecule has 3 unspecified atom stereocenters. The van der Waals surface area contributed by atoms with Gasteiger partial charge < -0.3 is 9.52 Å². The van der Waals surface area contributed by atoms with Gasteiger partial charge in [-0.05, 0) is 50.3 Å². The molecule has 20 heavy (non-hydrogen) atoms. The molecule has 0 radical (unpaired) electrons. The van der Waals surface area contributed by atoms with E-state index in [1.54, 1.807) is 0 Å². The molecule has 1 aliphatic heterocycles. The summed E-state index contributed by atoms with van der Waals surface area (Å²) in [5.41, 5.74) is -0.695. The van der Waals surface area contributed by atoms with Crippen LogP contribution in [0.25, 0.3) is 0 Å². The normalized spacial score (nSPS) is 33.5. The van der Waals surface area contributed by atoms with E-state index in [1.165, 1.54) is 6.42 Å². The topological polar surface area (TPSA) is 53.7 Å². The van der Waals surface area contributed by atoms with E-state index in [4.69, 9.17) is 4.42 Å². The van der Waals surface area contributed by atoms with Gasteiger partial charge in [0.25, 0.3) is 0 Å². The molecule has 2 fully saturated rings. The van der Waals surface area contributed by atoms with Gasteiger partial charge in [0.2, 0.25) is 0 Å². The van der Waals surface area contributed by atoms with Crippen molar-refractivity contribution in [1.29, 1.82) is 0 Å². The van der Waals surface area contributed by atoms with E-state index in [2.05, 4.69) is 17.9 Å². The number of carboxylic acids is 1. The van der Waals surface area contributed by atoms with Crippen LogP contribution in [0.3, 0.4) is 0 Å². The van der Waals surface area contributed by atoms with Crippen LogP contribution in [0.2, 0.25) is 0 Å². The third kappa shape index (κ3) is 2.16. The van der Waals surface area contributed by atoms with Gasteiger partial charge in [-0.3, -0.25) is 9.69 Å². The predicted octanol–water partition coefficient (Wildman–Crippen LogP) is 3.23. The van der Waals surface area contributed by atoms with E-state index >= 15 is 0 Å². The highest BCUT2D eigenvalue weighted by molar-refractivity contribution is 5.79. The Bertz CT molecular complexity index is 510. The lowest BCUT2D eigenvalue weighted by molar-refractivity contribution is -0.150. The molecule has 1 aliphatic carbocycles. The Kier molecular flexibility index (Phi) is 3.36. The maximum absolute atomic E-state index is 11.6. The fourth-order valence-corrected chi connectivity index (χ4v) is 3.54. The number of rotatable bonds is 5. The van der Waals surface area contributed by atoms with Gasteiger partial charge in [-0.15, -0.1) is 0 Å². The molecule has 0 bridgehead atoms. The molecule has 2 aliphatic rings. The van der Waals surface area contributed by atoms with Crippen LogP contribution in [0.5, 0.6) is 0 Å². The Labute approximate surface area is 119 Å². The summed E-state index contributed by atoms with van der Waals surface area (Å²) >= 11 is 0. The molecule has 1 saturated carbocycles. The average Bonchev–Trinajstić information content (AvgIpc) is 2.86. The van der Waals surface area contributed by atoms with Gasteiger partial charge >= 0.3 is 5.97 Å². The van der Waals surface area contributed by atoms with Crippen molar-refractivity contribution in [2.75, 3.05) is 6.54 Å². The van der Waals surface area contributed by atoms with E-state index in [0.29, 0.717) is 18.9 Å². The summed E-state index contributed by atoms with van der Waals surface area (Å²) in [7, 11) is 0. The van der Waals surface area contributed by atoms with Crippen molar-refractivity contribution < 1.29 is 14.3 Å². The van der Waals surface area contributed by atoms with Crippen LogP contribution >= 0.6 is 0 Å². The molecule has 3 rings (SSSR count). The molecule has 4 nitrogen and oxygen atoms in total. The monoisotopic (exact) mass is 277 g/mol. The maximum atomic E-state index is 11.6. The summed E-state index contributed by atoms with van der Waals surface area (Å²) in [5.74, 6) is 2.59. The lowest BCUT2D eigenvalue weighted by Gasteiger charge is -2.33. The first-order chi connectivity index (χ1) is 9.56. The van der Waals surface area contributed by atoms with Crippen LogP contribution in [0.15, 0.2) is 16.5 Å². The van der Waals surface area contributed by atoms with Gasteiger partial charge in [0.15, 0.2) is 0 Å². The fourth-order valence-electron chi connectivity index (χ4n) is 3.54. The molecule has 110 valence electrons. The number of carbonyl (C=O) groups is 1. The third-order valence-corrected chi connectivity index (χ3v) is 5.11. The molecule has 1 N–H and O–H groups in total. The molecular formula is C16H23NO3. The Hall–Kier alpha value is -1.29. The summed E-state index contributed by atoms with van der Waals surface area (Å²) in [6, 6.07) is 4.08. The van der Waals surface area contributed by atoms with Gasteiger partial charge in [0, 0.05) is 5.92 Å². The first-order valence-electron chi connectivity index (χ1n) is 7.64. The van der Waals surface area contributed by atoms with E-state index in [-0.39, 0.29) is 0 Å². The van der Waals surface area contributed by atoms with Gasteiger partial charge in [-0.1, -0.05) is 13.8 Å². The van der Waals surface area contributed by atoms with Crippen LogP contribution in [-0.4, -0.2) is 28.1 Å². The highest BCUT2D eigenvalue weighted by Crippen LogP contribution is 2.47. The van der Waals surface area contributed by atoms with E-state index in [9.17, 15) is 9.90 Å². The molecular weight excluding hydrogens is 254 g/mol. The van der Waals surface area contributed by atoms with E-state index < -0.39 is 11.5 Å². The maximum Gasteiger partial charge on any atom is 0.324 e. The minimum atomic E-state index is -0.695. The van der Waals surface area contributed by atoms with E-state index in [1.807, 2.05) is 13.0 Å². The summed E-state index contributed by atoms with van der Waals surface area (Å²) in [4.78, 5) is 13.7. The van der Waals surface area contributed by atoms with Crippen molar-refractivity contribution in [3.8, 4) is 0 Å². The van der Waals surface area contributed by atoms with Crippen molar-refractivity contribution in [2.45, 2.75) is 57.5 Å². The Morgan fingerprint density at radius 3 is 2.90 bits per heavy atom. The number of nitrogens with zero attached hydrogens (tertiary/aromatic N) is 1. The molecule has 1 aromatic rings. The second-order valence-electron chi connectivity index (χ2n) is 6.34. The first kappa shape index (κ1) is 13.7. The summed E-state index contributed by atoms with van der Waals surface area (Å²) < 4.78 is 5.92. The van der Waals surface area contributed by atoms with Crippen molar-refractivity contribution in [3.63, 3.8) is 0 Å². The quantitative estimate of drug-likeness (QED) is 0.897. The molecule has 3 atom stereocenters. The lowest BCUT2D eigenvalue weighted by Crippen LogP contribution is -2.49. The summed E-state index contributed by atoms with van der Waals surface area (Å²) in [5, 5.41) is 9.58. The fraction of sp³-hybridized carbons (Fsp3) is 0.688. The highest BCUT2D eigenvalue weighted by atomic mass is 16.4. The minimum Gasteiger partial charge on any atom is -0.480 e. The number of hydrogen-bond acceptors (Lipinski definition) is 3. The summed E-state index contributed by atoms with van der Waals surface area (Å²) in [6.07, 6.45) is 3.56. The number of likely N-dealkylation sites (tertiary alicyclic amines) is 1. The van der Waals surface area contributed by atoms with E-state index in [0.717, 1.165) is 36.8 Å². The summed E-state index contributed by atoms with van der Waals surface area (Å²) in [6.45, 7) is 5.66. The van der Waals surface area contributed by atoms with Crippen LogP contribution in [0, 0.1) is 5.92 Å². The predicted molar refractivity (Wildman–Crippen MR) is 75.5 cm³/mol. The minimum absolute atomic E-state index is 0.581. The molecule has 0 amide bonds. The van der Waals surface area contributed by atoms with Gasteiger partial charge in [0.05, 0.1) is 6.54 Å². The Balaban J connectivity index is 1.73. The number of furan rings is 1. The first-order valence-corrected chi connectivity index (χ1v) is 7.64. The molecule has 2 heterocycles. The van der Waals surface area contributed by atoms with Gasteiger partial charge in [-0.25, -0.2) is 0 Å². The van der Waals surface area contributed by atoms with Crippen LogP contribution in [-0.2, 0) is 11.3 Å². The average molecular weight is 277 g/mol. The lowest BCUT2D eigenvalue weighted by atomic mass is 9.93. The zero-order chi connectivity index (χ0) is 14.3. The number of aliphatic carboxylic acids is 1. The number of hydrogen-bond donors (Lipinski definition) is 1. The second-order valence-corrected chi connectivity index (χ2v) is 6.34. The van der Waals surface area contributed by atoms with Crippen LogP contribution < -0.4 is 0 Å². The zero-order valence-electron chi connectivity index (χ0n) is 12.3. The Morgan fingerprint density at radius 1 is 1.55 bits per heavy atom. The van der Waals surface area contributed by atoms with Gasteiger partial charge in [-0.2, -0.15) is 0 Å². The van der Waals surface area contributed by atoms with Crippen molar-refractivity contribution in [3.05, 3.63) is 23.7 Å². The largest absolute Gasteiger partial charge is 0.480 e. The molecule has 0 aromatic carbocycles. The van der Waals surface area contributed by atoms with Crippen LogP contribution in [0.4, 0.5) is 0 Å². The third-order valence-electron chi connectivity index (χ3n) is 5.11. The number of carboxylic acid groups (broad SMARTS) is 1. The Morgan fingerprint density at radius 2 is 2.30 bits per heavy atom. The highest BCUT2D eigenvalue weighted by Gasteiger charge is 2.46. The van der Waals surface area contributed by atoms with Crippen molar-refractivity contribution >= 4 is 5.97 Å². The molecule has 4 heteroatoms. The smallest absolute Gasteiger partial charge is 0.324 e. The standard InChI is InChI=1S/C16H23NO3/c1-3-16(15(18)19)7-4-8-17(16)10-12-5-6-14(20-12)13-9-11(13)2/h5-6,11,13H,3-4,7-10H2,1-2H3,(H,18,19). The second kappa shape index (κ2) is 4.92. The van der Waals surface area contributed by atoms with Crippen molar-refractivity contribution in [1.82, 2.24) is 4.90 Å². The zero-order valence-corrected chi connectivity index (χ0v) is 12.3.